The van der Waals surface area contributed by atoms with Gasteiger partial charge in [0.05, 0.1) is 23.7 Å². The third-order valence-electron chi connectivity index (χ3n) is 8.57. The molecule has 0 aliphatic carbocycles. The molecule has 0 aromatic heterocycles. The lowest BCUT2D eigenvalue weighted by atomic mass is 9.74. The summed E-state index contributed by atoms with van der Waals surface area (Å²) in [6.45, 7) is 2.93. The Kier molecular flexibility index (Phi) is 6.74. The zero-order valence-corrected chi connectivity index (χ0v) is 23.4. The average molecular weight is 560 g/mol. The summed E-state index contributed by atoms with van der Waals surface area (Å²) in [5.74, 6) is -1.19. The van der Waals surface area contributed by atoms with E-state index < -0.39 is 27.4 Å². The Morgan fingerprint density at radius 3 is 2.20 bits per heavy atom. The maximum atomic E-state index is 14.5. The molecule has 0 bridgehead atoms. The van der Waals surface area contributed by atoms with Crippen molar-refractivity contribution < 1.29 is 24.2 Å². The van der Waals surface area contributed by atoms with Crippen LogP contribution < -0.4 is 14.5 Å². The first-order chi connectivity index (χ1) is 19.3. The quantitative estimate of drug-likeness (QED) is 0.547. The second kappa shape index (κ2) is 10.1. The van der Waals surface area contributed by atoms with Gasteiger partial charge in [0, 0.05) is 42.4 Å². The van der Waals surface area contributed by atoms with Crippen molar-refractivity contribution in [3.63, 3.8) is 0 Å². The van der Waals surface area contributed by atoms with Crippen LogP contribution in [0.25, 0.3) is 0 Å². The molecule has 5 atom stereocenters. The molecule has 1 unspecified atom stereocenters. The Bertz CT molecular complexity index is 1380. The molecule has 8 nitrogen and oxygen atoms in total. The number of aliphatic hydroxyl groups is 1. The molecule has 40 heavy (non-hydrogen) atoms. The van der Waals surface area contributed by atoms with Crippen molar-refractivity contribution in [1.82, 2.24) is 4.90 Å². The first-order valence-electron chi connectivity index (χ1n) is 13.6. The Hall–Kier alpha value is -3.56. The predicted octanol–water partition coefficient (Wildman–Crippen LogP) is 3.27. The van der Waals surface area contributed by atoms with E-state index in [1.54, 1.807) is 33.6 Å². The summed E-state index contributed by atoms with van der Waals surface area (Å²) in [6, 6.07) is 16.0. The molecule has 9 heteroatoms. The number of carbonyl (C=O) groups is 3. The molecule has 4 aliphatic rings. The molecule has 4 heterocycles. The zero-order valence-electron chi connectivity index (χ0n) is 22.6. The number of para-hydroxylation sites is 1. The van der Waals surface area contributed by atoms with Crippen molar-refractivity contribution in [3.8, 4) is 5.75 Å². The molecule has 2 aromatic rings. The van der Waals surface area contributed by atoms with Crippen LogP contribution in [0.5, 0.6) is 5.75 Å². The van der Waals surface area contributed by atoms with Gasteiger partial charge in [-0.25, -0.2) is 0 Å². The Morgan fingerprint density at radius 2 is 1.52 bits per heavy atom. The molecular formula is C31H33N3O5S. The van der Waals surface area contributed by atoms with Crippen LogP contribution in [0.1, 0.15) is 13.3 Å². The number of hydrogen-bond donors (Lipinski definition) is 1. The molecular weight excluding hydrogens is 526 g/mol. The minimum absolute atomic E-state index is 0.0991. The van der Waals surface area contributed by atoms with Crippen LogP contribution in [-0.4, -0.2) is 76.6 Å². The predicted molar refractivity (Wildman–Crippen MR) is 155 cm³/mol. The van der Waals surface area contributed by atoms with Gasteiger partial charge in [0.1, 0.15) is 11.8 Å². The van der Waals surface area contributed by atoms with Gasteiger partial charge in [0.25, 0.3) is 5.91 Å². The van der Waals surface area contributed by atoms with Gasteiger partial charge in [-0.3, -0.25) is 14.4 Å². The molecule has 6 rings (SSSR count). The van der Waals surface area contributed by atoms with Gasteiger partial charge in [-0.15, -0.1) is 11.8 Å². The van der Waals surface area contributed by atoms with Crippen LogP contribution in [0.4, 0.5) is 11.4 Å². The fraction of sp³-hybridized carbons (Fsp3) is 0.387. The standard InChI is InChI=1S/C31H33N3O5S/c1-30-15-6-17-32(21-9-4-3-5-10-21)27(36)24(30)25-28(37)34(19-8-20-35)26-29(38)33(18-7-16-31(25,26)40-30)22-11-13-23(39-2)14-12-22/h3-7,9-16,24-26,35H,8,17-20H2,1-2H3/t24-,25-,26?,30+,31-/m0/s1. The van der Waals surface area contributed by atoms with E-state index >= 15 is 0 Å². The van der Waals surface area contributed by atoms with Gasteiger partial charge in [-0.05, 0) is 49.7 Å². The van der Waals surface area contributed by atoms with Gasteiger partial charge in [0.15, 0.2) is 0 Å². The van der Waals surface area contributed by atoms with Crippen LogP contribution >= 0.6 is 11.8 Å². The molecule has 2 aromatic carbocycles. The fourth-order valence-electron chi connectivity index (χ4n) is 6.84. The highest BCUT2D eigenvalue weighted by atomic mass is 32.2. The Balaban J connectivity index is 1.45. The fourth-order valence-corrected chi connectivity index (χ4v) is 8.99. The number of anilines is 2. The van der Waals surface area contributed by atoms with Crippen LogP contribution in [-0.2, 0) is 14.4 Å². The number of nitrogens with zero attached hydrogens (tertiary/aromatic N) is 3. The SMILES string of the molecule is COc1ccc(N2CC=C[C@]34S[C@]5(C)C=CCN(c6ccccc6)C(=O)[C@@H]5[C@H]3C(=O)N(CCCO)C4C2=O)cc1. The second-order valence-corrected chi connectivity index (χ2v) is 12.6. The van der Waals surface area contributed by atoms with Gasteiger partial charge in [-0.2, -0.15) is 0 Å². The van der Waals surface area contributed by atoms with E-state index in [0.29, 0.717) is 30.9 Å². The number of amides is 3. The van der Waals surface area contributed by atoms with Gasteiger partial charge >= 0.3 is 0 Å². The number of rotatable bonds is 6. The molecule has 2 saturated heterocycles. The minimum Gasteiger partial charge on any atom is -0.497 e. The lowest BCUT2D eigenvalue weighted by Gasteiger charge is -2.36. The minimum atomic E-state index is -0.927. The van der Waals surface area contributed by atoms with Crippen molar-refractivity contribution in [3.05, 3.63) is 78.9 Å². The molecule has 0 saturated carbocycles. The van der Waals surface area contributed by atoms with Crippen LogP contribution in [0, 0.1) is 11.8 Å². The summed E-state index contributed by atoms with van der Waals surface area (Å²) < 4.78 is 3.69. The van der Waals surface area contributed by atoms with Crippen LogP contribution in [0.3, 0.4) is 0 Å². The van der Waals surface area contributed by atoms with Crippen molar-refractivity contribution in [2.24, 2.45) is 11.8 Å². The summed E-state index contributed by atoms with van der Waals surface area (Å²) in [5.41, 5.74) is 1.49. The van der Waals surface area contributed by atoms with E-state index in [1.807, 2.05) is 79.7 Å². The first-order valence-corrected chi connectivity index (χ1v) is 14.4. The Morgan fingerprint density at radius 1 is 0.875 bits per heavy atom. The number of thioether (sulfide) groups is 1. The number of hydrogen-bond acceptors (Lipinski definition) is 6. The maximum Gasteiger partial charge on any atom is 0.251 e. The summed E-state index contributed by atoms with van der Waals surface area (Å²) in [7, 11) is 1.59. The lowest BCUT2D eigenvalue weighted by molar-refractivity contribution is -0.139. The Labute approximate surface area is 238 Å². The number of methoxy groups -OCH3 is 1. The maximum absolute atomic E-state index is 14.5. The van der Waals surface area contributed by atoms with E-state index in [1.165, 1.54) is 0 Å². The zero-order chi connectivity index (χ0) is 28.1. The summed E-state index contributed by atoms with van der Waals surface area (Å²) in [5, 5.41) is 9.65. The molecule has 1 N–H and O–H groups in total. The smallest absolute Gasteiger partial charge is 0.251 e. The number of carbonyl (C=O) groups excluding carboxylic acids is 3. The number of likely N-dealkylation sites (tertiary alicyclic amines) is 1. The van der Waals surface area contributed by atoms with Gasteiger partial charge in [-0.1, -0.05) is 42.5 Å². The lowest BCUT2D eigenvalue weighted by Crippen LogP contribution is -2.53. The first kappa shape index (κ1) is 26.7. The number of ether oxygens (including phenoxy) is 1. The van der Waals surface area contributed by atoms with Crippen molar-refractivity contribution >= 4 is 40.9 Å². The van der Waals surface area contributed by atoms with Gasteiger partial charge in [0.2, 0.25) is 11.8 Å². The molecule has 4 aliphatic heterocycles. The number of benzene rings is 2. The molecule has 3 amide bonds. The average Bonchev–Trinajstić information content (AvgIpc) is 3.23. The van der Waals surface area contributed by atoms with Crippen LogP contribution in [0.15, 0.2) is 78.9 Å². The third kappa shape index (κ3) is 3.97. The highest BCUT2D eigenvalue weighted by Gasteiger charge is 2.73. The highest BCUT2D eigenvalue weighted by molar-refractivity contribution is 8.02. The van der Waals surface area contributed by atoms with E-state index in [-0.39, 0.29) is 30.9 Å². The third-order valence-corrected chi connectivity index (χ3v) is 10.4. The van der Waals surface area contributed by atoms with E-state index in [9.17, 15) is 19.5 Å². The topological polar surface area (TPSA) is 90.4 Å². The van der Waals surface area contributed by atoms with E-state index in [4.69, 9.17) is 4.74 Å². The molecule has 208 valence electrons. The monoisotopic (exact) mass is 559 g/mol. The molecule has 1 spiro atoms. The van der Waals surface area contributed by atoms with Crippen molar-refractivity contribution in [2.75, 3.05) is 43.2 Å². The summed E-state index contributed by atoms with van der Waals surface area (Å²) >= 11 is 1.56. The number of aliphatic hydroxyl groups excluding tert-OH is 1. The van der Waals surface area contributed by atoms with E-state index in [2.05, 4.69) is 6.08 Å². The highest BCUT2D eigenvalue weighted by Crippen LogP contribution is 2.65. The van der Waals surface area contributed by atoms with Gasteiger partial charge < -0.3 is 24.5 Å². The largest absolute Gasteiger partial charge is 0.497 e. The van der Waals surface area contributed by atoms with Crippen molar-refractivity contribution in [1.29, 1.82) is 0 Å². The summed E-state index contributed by atoms with van der Waals surface area (Å²) in [4.78, 5) is 48.2. The van der Waals surface area contributed by atoms with Crippen LogP contribution in [0.2, 0.25) is 0 Å². The van der Waals surface area contributed by atoms with Crippen molar-refractivity contribution in [2.45, 2.75) is 28.9 Å². The van der Waals surface area contributed by atoms with E-state index in [0.717, 1.165) is 5.69 Å². The number of fused-ring (bicyclic) bond motifs is 2. The summed E-state index contributed by atoms with van der Waals surface area (Å²) in [6.07, 6.45) is 8.39. The molecule has 2 fully saturated rings. The normalized spacial score (nSPS) is 31.1. The second-order valence-electron chi connectivity index (χ2n) is 10.8. The molecule has 0 radical (unpaired) electrons.